The number of hydrogen-bond acceptors (Lipinski definition) is 2. The molecule has 4 heteroatoms. The molecule has 0 atom stereocenters. The van der Waals surface area contributed by atoms with Crippen LogP contribution in [0.5, 0.6) is 0 Å². The molecule has 3 nitrogen and oxygen atoms in total. The van der Waals surface area contributed by atoms with Gasteiger partial charge in [0, 0.05) is 31.4 Å². The zero-order chi connectivity index (χ0) is 12.8. The van der Waals surface area contributed by atoms with Crippen LogP contribution in [-0.4, -0.2) is 9.78 Å². The molecule has 1 aromatic carbocycles. The fourth-order valence-electron chi connectivity index (χ4n) is 1.85. The van der Waals surface area contributed by atoms with Crippen LogP contribution >= 0.6 is 0 Å². The normalized spacial score (nSPS) is 10.8. The van der Waals surface area contributed by atoms with Crippen molar-refractivity contribution < 1.29 is 4.39 Å². The van der Waals surface area contributed by atoms with Gasteiger partial charge in [0.2, 0.25) is 0 Å². The highest BCUT2D eigenvalue weighted by atomic mass is 19.1. The second-order valence-electron chi connectivity index (χ2n) is 4.35. The smallest absolute Gasteiger partial charge is 0.123 e. The minimum absolute atomic E-state index is 0.190. The summed E-state index contributed by atoms with van der Waals surface area (Å²) in [6.45, 7) is 4.49. The number of benzene rings is 1. The molecular weight excluding hydrogens is 229 g/mol. The topological polar surface area (TPSA) is 29.9 Å². The summed E-state index contributed by atoms with van der Waals surface area (Å²) in [6, 6.07) is 6.65. The number of halogens is 1. The molecule has 0 amide bonds. The first-order valence-corrected chi connectivity index (χ1v) is 6.24. The van der Waals surface area contributed by atoms with Gasteiger partial charge < -0.3 is 5.32 Å². The predicted octanol–water partition coefficient (Wildman–Crippen LogP) is 2.72. The van der Waals surface area contributed by atoms with E-state index in [4.69, 9.17) is 0 Å². The monoisotopic (exact) mass is 247 g/mol. The van der Waals surface area contributed by atoms with Gasteiger partial charge in [-0.1, -0.05) is 19.1 Å². The number of nitrogens with one attached hydrogen (secondary N) is 1. The molecule has 0 fully saturated rings. The van der Waals surface area contributed by atoms with Crippen LogP contribution < -0.4 is 5.32 Å². The summed E-state index contributed by atoms with van der Waals surface area (Å²) in [5.41, 5.74) is 2.11. The van der Waals surface area contributed by atoms with Crippen LogP contribution in [0.2, 0.25) is 0 Å². The maximum Gasteiger partial charge on any atom is 0.123 e. The van der Waals surface area contributed by atoms with Gasteiger partial charge in [-0.05, 0) is 24.1 Å². The molecule has 18 heavy (non-hydrogen) atoms. The lowest BCUT2D eigenvalue weighted by atomic mass is 10.2. The molecule has 0 bridgehead atoms. The molecule has 0 aliphatic heterocycles. The van der Waals surface area contributed by atoms with Crippen LogP contribution in [0.3, 0.4) is 0 Å². The van der Waals surface area contributed by atoms with E-state index in [0.29, 0.717) is 6.54 Å². The number of nitrogens with zero attached hydrogens (tertiary/aromatic N) is 2. The highest BCUT2D eigenvalue weighted by molar-refractivity contribution is 5.16. The molecule has 96 valence electrons. The number of hydrogen-bond donors (Lipinski definition) is 1. The van der Waals surface area contributed by atoms with Crippen molar-refractivity contribution in [3.05, 3.63) is 53.6 Å². The molecular formula is C14H18FN3. The van der Waals surface area contributed by atoms with E-state index in [-0.39, 0.29) is 5.82 Å². The van der Waals surface area contributed by atoms with Gasteiger partial charge in [-0.15, -0.1) is 0 Å². The SMILES string of the molecule is CCCn1cc(CNCc2cccc(F)c2)cn1. The third kappa shape index (κ3) is 3.67. The molecule has 0 saturated carbocycles. The van der Waals surface area contributed by atoms with Crippen LogP contribution in [0.4, 0.5) is 4.39 Å². The predicted molar refractivity (Wildman–Crippen MR) is 69.5 cm³/mol. The van der Waals surface area contributed by atoms with Gasteiger partial charge in [-0.3, -0.25) is 4.68 Å². The van der Waals surface area contributed by atoms with Crippen molar-refractivity contribution in [1.82, 2.24) is 15.1 Å². The third-order valence-corrected chi connectivity index (χ3v) is 2.69. The minimum atomic E-state index is -0.190. The van der Waals surface area contributed by atoms with E-state index in [2.05, 4.69) is 17.3 Å². The van der Waals surface area contributed by atoms with Gasteiger partial charge in [0.05, 0.1) is 6.20 Å². The summed E-state index contributed by atoms with van der Waals surface area (Å²) in [7, 11) is 0. The Bertz CT molecular complexity index is 493. The lowest BCUT2D eigenvalue weighted by Gasteiger charge is -2.03. The van der Waals surface area contributed by atoms with Gasteiger partial charge in [-0.2, -0.15) is 5.10 Å². The third-order valence-electron chi connectivity index (χ3n) is 2.69. The van der Waals surface area contributed by atoms with Crippen molar-refractivity contribution >= 4 is 0 Å². The van der Waals surface area contributed by atoms with Crippen molar-refractivity contribution in [2.24, 2.45) is 0 Å². The average Bonchev–Trinajstić information content (AvgIpc) is 2.78. The quantitative estimate of drug-likeness (QED) is 0.850. The van der Waals surface area contributed by atoms with Gasteiger partial charge in [-0.25, -0.2) is 4.39 Å². The Morgan fingerprint density at radius 2 is 2.11 bits per heavy atom. The molecule has 2 rings (SSSR count). The van der Waals surface area contributed by atoms with Gasteiger partial charge in [0.15, 0.2) is 0 Å². The molecule has 1 aromatic heterocycles. The van der Waals surface area contributed by atoms with Gasteiger partial charge in [0.1, 0.15) is 5.82 Å². The Morgan fingerprint density at radius 1 is 1.28 bits per heavy atom. The van der Waals surface area contributed by atoms with Crippen LogP contribution in [0.25, 0.3) is 0 Å². The van der Waals surface area contributed by atoms with Crippen molar-refractivity contribution in [1.29, 1.82) is 0 Å². The number of aromatic nitrogens is 2. The van der Waals surface area contributed by atoms with Crippen molar-refractivity contribution in [3.8, 4) is 0 Å². The summed E-state index contributed by atoms with van der Waals surface area (Å²) < 4.78 is 14.9. The van der Waals surface area contributed by atoms with E-state index < -0.39 is 0 Å². The Labute approximate surface area is 107 Å². The van der Waals surface area contributed by atoms with E-state index in [1.165, 1.54) is 6.07 Å². The summed E-state index contributed by atoms with van der Waals surface area (Å²) in [6.07, 6.45) is 4.99. The Morgan fingerprint density at radius 3 is 2.89 bits per heavy atom. The first-order chi connectivity index (χ1) is 8.78. The zero-order valence-electron chi connectivity index (χ0n) is 10.6. The second-order valence-corrected chi connectivity index (χ2v) is 4.35. The molecule has 0 spiro atoms. The Balaban J connectivity index is 1.81. The van der Waals surface area contributed by atoms with E-state index in [1.54, 1.807) is 12.1 Å². The Hall–Kier alpha value is -1.68. The Kier molecular flexibility index (Phi) is 4.47. The molecule has 1 N–H and O–H groups in total. The van der Waals surface area contributed by atoms with E-state index in [1.807, 2.05) is 23.1 Å². The lowest BCUT2D eigenvalue weighted by Crippen LogP contribution is -2.12. The van der Waals surface area contributed by atoms with Crippen molar-refractivity contribution in [2.45, 2.75) is 33.0 Å². The number of rotatable bonds is 6. The lowest BCUT2D eigenvalue weighted by molar-refractivity contribution is 0.601. The zero-order valence-corrected chi connectivity index (χ0v) is 10.6. The highest BCUT2D eigenvalue weighted by Gasteiger charge is 1.99. The summed E-state index contributed by atoms with van der Waals surface area (Å²) in [4.78, 5) is 0. The molecule has 2 aromatic rings. The maximum atomic E-state index is 13.0. The first kappa shape index (κ1) is 12.8. The average molecular weight is 247 g/mol. The van der Waals surface area contributed by atoms with E-state index in [0.717, 1.165) is 30.6 Å². The number of aryl methyl sites for hydroxylation is 1. The molecule has 1 heterocycles. The molecule has 0 aliphatic rings. The maximum absolute atomic E-state index is 13.0. The van der Waals surface area contributed by atoms with E-state index in [9.17, 15) is 4.39 Å². The van der Waals surface area contributed by atoms with Gasteiger partial charge in [0.25, 0.3) is 0 Å². The standard InChI is InChI=1S/C14H18FN3/c1-2-6-18-11-13(10-17-18)9-16-8-12-4-3-5-14(15)7-12/h3-5,7,10-11,16H,2,6,8-9H2,1H3. The van der Waals surface area contributed by atoms with Crippen molar-refractivity contribution in [3.63, 3.8) is 0 Å². The van der Waals surface area contributed by atoms with Crippen molar-refractivity contribution in [2.75, 3.05) is 0 Å². The summed E-state index contributed by atoms with van der Waals surface area (Å²) in [5, 5.41) is 7.54. The largest absolute Gasteiger partial charge is 0.309 e. The summed E-state index contributed by atoms with van der Waals surface area (Å²) >= 11 is 0. The molecule has 0 saturated heterocycles. The first-order valence-electron chi connectivity index (χ1n) is 6.24. The van der Waals surface area contributed by atoms with Gasteiger partial charge >= 0.3 is 0 Å². The van der Waals surface area contributed by atoms with Crippen LogP contribution in [0.1, 0.15) is 24.5 Å². The van der Waals surface area contributed by atoms with Crippen LogP contribution in [0, 0.1) is 5.82 Å². The molecule has 0 aliphatic carbocycles. The highest BCUT2D eigenvalue weighted by Crippen LogP contribution is 2.04. The fourth-order valence-corrected chi connectivity index (χ4v) is 1.85. The summed E-state index contributed by atoms with van der Waals surface area (Å²) in [5.74, 6) is -0.190. The fraction of sp³-hybridized carbons (Fsp3) is 0.357. The van der Waals surface area contributed by atoms with Crippen LogP contribution in [0.15, 0.2) is 36.7 Å². The second kappa shape index (κ2) is 6.31. The molecule has 0 unspecified atom stereocenters. The molecule has 0 radical (unpaired) electrons. The minimum Gasteiger partial charge on any atom is -0.309 e. The van der Waals surface area contributed by atoms with E-state index >= 15 is 0 Å². The van der Waals surface area contributed by atoms with Crippen LogP contribution in [-0.2, 0) is 19.6 Å².